The first-order valence-corrected chi connectivity index (χ1v) is 8.95. The molecule has 0 aliphatic carbocycles. The molecule has 2 aliphatic rings. The van der Waals surface area contributed by atoms with Crippen molar-refractivity contribution in [1.82, 2.24) is 9.80 Å². The Morgan fingerprint density at radius 2 is 1.86 bits per heavy atom. The van der Waals surface area contributed by atoms with Crippen LogP contribution in [0.15, 0.2) is 0 Å². The fourth-order valence-corrected chi connectivity index (χ4v) is 3.56. The van der Waals surface area contributed by atoms with E-state index < -0.39 is 0 Å². The fourth-order valence-electron chi connectivity index (χ4n) is 3.56. The third kappa shape index (κ3) is 5.21. The smallest absolute Gasteiger partial charge is 0.323 e. The van der Waals surface area contributed by atoms with Crippen LogP contribution in [-0.4, -0.2) is 74.4 Å². The van der Waals surface area contributed by atoms with Gasteiger partial charge in [0.05, 0.1) is 19.8 Å². The molecule has 0 amide bonds. The molecule has 2 heterocycles. The van der Waals surface area contributed by atoms with Gasteiger partial charge in [-0.2, -0.15) is 0 Å². The Balaban J connectivity index is 1.77. The van der Waals surface area contributed by atoms with Gasteiger partial charge in [-0.15, -0.1) is 0 Å². The molecule has 0 radical (unpaired) electrons. The molecular formula is C17H32N2O3. The van der Waals surface area contributed by atoms with E-state index in [0.29, 0.717) is 6.61 Å². The van der Waals surface area contributed by atoms with E-state index in [0.717, 1.165) is 58.2 Å². The maximum absolute atomic E-state index is 12.1. The van der Waals surface area contributed by atoms with E-state index in [2.05, 4.69) is 16.7 Å². The Morgan fingerprint density at radius 3 is 2.45 bits per heavy atom. The largest absolute Gasteiger partial charge is 0.465 e. The lowest BCUT2D eigenvalue weighted by Crippen LogP contribution is -2.48. The van der Waals surface area contributed by atoms with Crippen molar-refractivity contribution in [2.75, 3.05) is 52.5 Å². The van der Waals surface area contributed by atoms with Crippen molar-refractivity contribution in [2.24, 2.45) is 5.92 Å². The van der Waals surface area contributed by atoms with Crippen LogP contribution >= 0.6 is 0 Å². The van der Waals surface area contributed by atoms with Gasteiger partial charge >= 0.3 is 5.97 Å². The zero-order valence-corrected chi connectivity index (χ0v) is 14.3. The van der Waals surface area contributed by atoms with Crippen LogP contribution in [0.1, 0.15) is 39.5 Å². The zero-order chi connectivity index (χ0) is 15.8. The van der Waals surface area contributed by atoms with Gasteiger partial charge in [-0.1, -0.05) is 13.3 Å². The maximum Gasteiger partial charge on any atom is 0.323 e. The van der Waals surface area contributed by atoms with Crippen LogP contribution in [0.3, 0.4) is 0 Å². The van der Waals surface area contributed by atoms with Gasteiger partial charge in [0.1, 0.15) is 6.04 Å². The van der Waals surface area contributed by atoms with Gasteiger partial charge in [0.25, 0.3) is 0 Å². The molecule has 1 atom stereocenters. The highest BCUT2D eigenvalue weighted by atomic mass is 16.5. The number of nitrogens with zero attached hydrogens (tertiary/aromatic N) is 2. The molecule has 0 aromatic heterocycles. The van der Waals surface area contributed by atoms with Crippen LogP contribution in [0.5, 0.6) is 0 Å². The van der Waals surface area contributed by atoms with Crippen molar-refractivity contribution < 1.29 is 14.3 Å². The molecule has 5 heteroatoms. The van der Waals surface area contributed by atoms with E-state index in [1.807, 2.05) is 6.92 Å². The predicted octanol–water partition coefficient (Wildman–Crippen LogP) is 1.76. The van der Waals surface area contributed by atoms with E-state index >= 15 is 0 Å². The van der Waals surface area contributed by atoms with Crippen LogP contribution in [0.2, 0.25) is 0 Å². The van der Waals surface area contributed by atoms with E-state index in [1.54, 1.807) is 0 Å². The molecule has 22 heavy (non-hydrogen) atoms. The molecule has 2 rings (SSSR count). The molecule has 0 N–H and O–H groups in total. The summed E-state index contributed by atoms with van der Waals surface area (Å²) < 4.78 is 10.7. The minimum absolute atomic E-state index is 0.0315. The van der Waals surface area contributed by atoms with Gasteiger partial charge in [0.15, 0.2) is 0 Å². The number of ether oxygens (including phenoxy) is 2. The highest BCUT2D eigenvalue weighted by molar-refractivity contribution is 5.75. The number of likely N-dealkylation sites (tertiary alicyclic amines) is 1. The maximum atomic E-state index is 12.1. The quantitative estimate of drug-likeness (QED) is 0.670. The summed E-state index contributed by atoms with van der Waals surface area (Å²) in [5.41, 5.74) is 0. The fraction of sp³-hybridized carbons (Fsp3) is 0.941. The van der Waals surface area contributed by atoms with Crippen molar-refractivity contribution in [1.29, 1.82) is 0 Å². The molecule has 0 aromatic rings. The van der Waals surface area contributed by atoms with E-state index in [4.69, 9.17) is 9.47 Å². The Kier molecular flexibility index (Phi) is 7.63. The summed E-state index contributed by atoms with van der Waals surface area (Å²) in [6, 6.07) is -0.0331. The van der Waals surface area contributed by atoms with Crippen molar-refractivity contribution >= 4 is 5.97 Å². The van der Waals surface area contributed by atoms with Gasteiger partial charge in [-0.3, -0.25) is 14.6 Å². The second kappa shape index (κ2) is 9.48. The van der Waals surface area contributed by atoms with Crippen LogP contribution in [0, 0.1) is 5.92 Å². The highest BCUT2D eigenvalue weighted by Crippen LogP contribution is 2.22. The summed E-state index contributed by atoms with van der Waals surface area (Å²) in [6.07, 6.45) is 4.32. The lowest BCUT2D eigenvalue weighted by atomic mass is 9.94. The molecule has 2 aliphatic heterocycles. The lowest BCUT2D eigenvalue weighted by Gasteiger charge is -2.38. The van der Waals surface area contributed by atoms with Gasteiger partial charge < -0.3 is 9.47 Å². The summed E-state index contributed by atoms with van der Waals surface area (Å²) >= 11 is 0. The first-order chi connectivity index (χ1) is 10.7. The number of esters is 1. The standard InChI is InChI=1S/C17H32N2O3/c1-3-5-16(17(20)22-4-2)19-8-6-15(7-9-19)14-18-10-12-21-13-11-18/h15-16H,3-14H2,1-2H3. The summed E-state index contributed by atoms with van der Waals surface area (Å²) in [5.74, 6) is 0.731. The summed E-state index contributed by atoms with van der Waals surface area (Å²) in [6.45, 7) is 11.6. The van der Waals surface area contributed by atoms with Crippen molar-refractivity contribution in [3.63, 3.8) is 0 Å². The summed E-state index contributed by atoms with van der Waals surface area (Å²) in [7, 11) is 0. The average Bonchev–Trinajstić information content (AvgIpc) is 2.55. The minimum Gasteiger partial charge on any atom is -0.465 e. The Hall–Kier alpha value is -0.650. The normalized spacial score (nSPS) is 23.4. The Morgan fingerprint density at radius 1 is 1.18 bits per heavy atom. The van der Waals surface area contributed by atoms with Crippen molar-refractivity contribution in [3.8, 4) is 0 Å². The molecule has 1 unspecified atom stereocenters. The number of rotatable bonds is 7. The molecule has 0 spiro atoms. The molecule has 128 valence electrons. The SMILES string of the molecule is CCCC(C(=O)OCC)N1CCC(CN2CCOCC2)CC1. The van der Waals surface area contributed by atoms with Gasteiger partial charge in [-0.05, 0) is 45.2 Å². The monoisotopic (exact) mass is 312 g/mol. The second-order valence-electron chi connectivity index (χ2n) is 6.45. The molecule has 5 nitrogen and oxygen atoms in total. The van der Waals surface area contributed by atoms with E-state index in [1.165, 1.54) is 19.4 Å². The predicted molar refractivity (Wildman–Crippen MR) is 86.9 cm³/mol. The zero-order valence-electron chi connectivity index (χ0n) is 14.3. The molecule has 0 bridgehead atoms. The van der Waals surface area contributed by atoms with Crippen LogP contribution < -0.4 is 0 Å². The van der Waals surface area contributed by atoms with Crippen LogP contribution in [-0.2, 0) is 14.3 Å². The molecule has 2 fully saturated rings. The Labute approximate surface area is 134 Å². The number of piperidine rings is 1. The molecule has 2 saturated heterocycles. The topological polar surface area (TPSA) is 42.0 Å². The number of hydrogen-bond donors (Lipinski definition) is 0. The second-order valence-corrected chi connectivity index (χ2v) is 6.45. The average molecular weight is 312 g/mol. The summed E-state index contributed by atoms with van der Waals surface area (Å²) in [5, 5.41) is 0. The third-order valence-electron chi connectivity index (χ3n) is 4.83. The highest BCUT2D eigenvalue weighted by Gasteiger charge is 2.30. The minimum atomic E-state index is -0.0331. The van der Waals surface area contributed by atoms with E-state index in [9.17, 15) is 4.79 Å². The van der Waals surface area contributed by atoms with Crippen LogP contribution in [0.4, 0.5) is 0 Å². The number of morpholine rings is 1. The van der Waals surface area contributed by atoms with Gasteiger partial charge in [-0.25, -0.2) is 0 Å². The van der Waals surface area contributed by atoms with Gasteiger partial charge in [0.2, 0.25) is 0 Å². The van der Waals surface area contributed by atoms with E-state index in [-0.39, 0.29) is 12.0 Å². The summed E-state index contributed by atoms with van der Waals surface area (Å²) in [4.78, 5) is 17.0. The number of hydrogen-bond acceptors (Lipinski definition) is 5. The van der Waals surface area contributed by atoms with Gasteiger partial charge in [0, 0.05) is 19.6 Å². The molecule has 0 saturated carbocycles. The molecule has 0 aromatic carbocycles. The first-order valence-electron chi connectivity index (χ1n) is 8.95. The number of carbonyl (C=O) groups is 1. The van der Waals surface area contributed by atoms with Crippen molar-refractivity contribution in [2.45, 2.75) is 45.6 Å². The first kappa shape index (κ1) is 17.7. The number of carbonyl (C=O) groups excluding carboxylic acids is 1. The van der Waals surface area contributed by atoms with Crippen molar-refractivity contribution in [3.05, 3.63) is 0 Å². The lowest BCUT2D eigenvalue weighted by molar-refractivity contribution is -0.150. The Bertz CT molecular complexity index is 324. The molecular weight excluding hydrogens is 280 g/mol. The van der Waals surface area contributed by atoms with Crippen LogP contribution in [0.25, 0.3) is 0 Å². The third-order valence-corrected chi connectivity index (χ3v) is 4.83.